The van der Waals surface area contributed by atoms with E-state index in [4.69, 9.17) is 10.5 Å². The fourth-order valence-electron chi connectivity index (χ4n) is 1.32. The van der Waals surface area contributed by atoms with Gasteiger partial charge in [0, 0.05) is 18.0 Å². The van der Waals surface area contributed by atoms with Crippen LogP contribution in [-0.4, -0.2) is 17.1 Å². The molecule has 0 aliphatic heterocycles. The van der Waals surface area contributed by atoms with Crippen molar-refractivity contribution < 1.29 is 4.74 Å². The van der Waals surface area contributed by atoms with Crippen LogP contribution in [0, 0.1) is 0 Å². The van der Waals surface area contributed by atoms with Gasteiger partial charge in [0.1, 0.15) is 17.3 Å². The molecule has 4 heteroatoms. The molecule has 1 heterocycles. The van der Waals surface area contributed by atoms with E-state index in [9.17, 15) is 0 Å². The van der Waals surface area contributed by atoms with Crippen LogP contribution < -0.4 is 10.5 Å². The van der Waals surface area contributed by atoms with Crippen LogP contribution in [0.25, 0.3) is 11.3 Å². The molecule has 2 aromatic rings. The predicted octanol–water partition coefficient (Wildman–Crippen LogP) is 1.73. The lowest BCUT2D eigenvalue weighted by Gasteiger charge is -2.04. The van der Waals surface area contributed by atoms with Crippen molar-refractivity contribution in [1.82, 2.24) is 9.97 Å². The average molecular weight is 201 g/mol. The number of hydrogen-bond acceptors (Lipinski definition) is 4. The highest BCUT2D eigenvalue weighted by molar-refractivity contribution is 5.69. The van der Waals surface area contributed by atoms with Crippen LogP contribution in [-0.2, 0) is 0 Å². The Morgan fingerprint density at radius 2 is 1.73 bits per heavy atom. The van der Waals surface area contributed by atoms with Crippen molar-refractivity contribution in [2.75, 3.05) is 12.8 Å². The summed E-state index contributed by atoms with van der Waals surface area (Å²) in [6, 6.07) is 7.53. The molecule has 0 spiro atoms. The highest BCUT2D eigenvalue weighted by atomic mass is 16.5. The molecule has 0 bridgehead atoms. The normalized spacial score (nSPS) is 9.93. The van der Waals surface area contributed by atoms with Crippen LogP contribution in [0.15, 0.2) is 36.7 Å². The Labute approximate surface area is 87.7 Å². The number of anilines is 1. The van der Waals surface area contributed by atoms with Crippen LogP contribution in [0.3, 0.4) is 0 Å². The number of nitrogens with zero attached hydrogens (tertiary/aromatic N) is 2. The Bertz CT molecular complexity index is 454. The predicted molar refractivity (Wildman–Crippen MR) is 58.4 cm³/mol. The Hall–Kier alpha value is -2.10. The van der Waals surface area contributed by atoms with Gasteiger partial charge in [-0.2, -0.15) is 0 Å². The van der Waals surface area contributed by atoms with E-state index in [1.54, 1.807) is 19.5 Å². The zero-order chi connectivity index (χ0) is 10.7. The smallest absolute Gasteiger partial charge is 0.149 e. The molecule has 0 unspecified atom stereocenters. The van der Waals surface area contributed by atoms with Crippen LogP contribution in [0.4, 0.5) is 5.82 Å². The van der Waals surface area contributed by atoms with E-state index in [2.05, 4.69) is 9.97 Å². The zero-order valence-electron chi connectivity index (χ0n) is 8.34. The van der Waals surface area contributed by atoms with Gasteiger partial charge in [0.05, 0.1) is 7.11 Å². The van der Waals surface area contributed by atoms with Crippen molar-refractivity contribution in [3.63, 3.8) is 0 Å². The van der Waals surface area contributed by atoms with Crippen LogP contribution in [0.5, 0.6) is 5.75 Å². The summed E-state index contributed by atoms with van der Waals surface area (Å²) in [7, 11) is 1.63. The number of benzene rings is 1. The number of nitrogen functional groups attached to an aromatic ring is 1. The fourth-order valence-corrected chi connectivity index (χ4v) is 1.32. The van der Waals surface area contributed by atoms with E-state index >= 15 is 0 Å². The topological polar surface area (TPSA) is 61.0 Å². The maximum atomic E-state index is 5.72. The number of ether oxygens (including phenoxy) is 1. The number of methoxy groups -OCH3 is 1. The number of hydrogen-bond donors (Lipinski definition) is 1. The molecule has 0 radical (unpaired) electrons. The molecule has 0 aliphatic carbocycles. The molecule has 1 aromatic heterocycles. The third kappa shape index (κ3) is 1.88. The first-order valence-electron chi connectivity index (χ1n) is 4.52. The summed E-state index contributed by atoms with van der Waals surface area (Å²) in [5, 5.41) is 0. The number of aromatic nitrogens is 2. The second-order valence-corrected chi connectivity index (χ2v) is 3.02. The quantitative estimate of drug-likeness (QED) is 0.803. The van der Waals surface area contributed by atoms with Gasteiger partial charge in [0.2, 0.25) is 0 Å². The van der Waals surface area contributed by atoms with Gasteiger partial charge in [-0.1, -0.05) is 0 Å². The summed E-state index contributed by atoms with van der Waals surface area (Å²) in [4.78, 5) is 8.16. The van der Waals surface area contributed by atoms with Crippen LogP contribution in [0.2, 0.25) is 0 Å². The molecule has 0 aliphatic rings. The zero-order valence-corrected chi connectivity index (χ0v) is 8.34. The molecular formula is C11H11N3O. The largest absolute Gasteiger partial charge is 0.497 e. The summed E-state index contributed by atoms with van der Waals surface area (Å²) in [6.07, 6.45) is 3.19. The molecule has 0 saturated heterocycles. The molecule has 1 aromatic carbocycles. The molecule has 4 nitrogen and oxygen atoms in total. The minimum Gasteiger partial charge on any atom is -0.497 e. The molecule has 0 saturated carbocycles. The van der Waals surface area contributed by atoms with Gasteiger partial charge in [0.25, 0.3) is 0 Å². The van der Waals surface area contributed by atoms with E-state index < -0.39 is 0 Å². The van der Waals surface area contributed by atoms with Gasteiger partial charge in [-0.05, 0) is 24.3 Å². The first-order valence-corrected chi connectivity index (χ1v) is 4.52. The van der Waals surface area contributed by atoms with Crippen molar-refractivity contribution in [3.8, 4) is 17.0 Å². The summed E-state index contributed by atoms with van der Waals surface area (Å²) in [5.74, 6) is 1.24. The molecule has 15 heavy (non-hydrogen) atoms. The van der Waals surface area contributed by atoms with Crippen LogP contribution in [0.1, 0.15) is 0 Å². The molecule has 0 atom stereocenters. The number of nitrogens with two attached hydrogens (primary N) is 1. The summed E-state index contributed by atoms with van der Waals surface area (Å²) in [6.45, 7) is 0. The van der Waals surface area contributed by atoms with Gasteiger partial charge in [-0.25, -0.2) is 4.98 Å². The first kappa shape index (κ1) is 9.45. The maximum Gasteiger partial charge on any atom is 0.149 e. The Balaban J connectivity index is 2.42. The van der Waals surface area contributed by atoms with Gasteiger partial charge in [-0.3, -0.25) is 4.98 Å². The highest BCUT2D eigenvalue weighted by Gasteiger charge is 2.03. The summed E-state index contributed by atoms with van der Waals surface area (Å²) in [5.41, 5.74) is 7.34. The second kappa shape index (κ2) is 3.96. The molecule has 0 amide bonds. The SMILES string of the molecule is COc1ccc(-c2nccnc2N)cc1. The molecule has 76 valence electrons. The van der Waals surface area contributed by atoms with E-state index in [1.165, 1.54) is 0 Å². The highest BCUT2D eigenvalue weighted by Crippen LogP contribution is 2.23. The number of rotatable bonds is 2. The lowest BCUT2D eigenvalue weighted by Crippen LogP contribution is -1.95. The van der Waals surface area contributed by atoms with Gasteiger partial charge >= 0.3 is 0 Å². The lowest BCUT2D eigenvalue weighted by molar-refractivity contribution is 0.415. The Morgan fingerprint density at radius 3 is 2.33 bits per heavy atom. The van der Waals surface area contributed by atoms with E-state index in [1.807, 2.05) is 24.3 Å². The summed E-state index contributed by atoms with van der Waals surface area (Å²) < 4.78 is 5.07. The molecule has 2 rings (SSSR count). The van der Waals surface area contributed by atoms with E-state index in [0.717, 1.165) is 11.3 Å². The first-order chi connectivity index (χ1) is 7.31. The van der Waals surface area contributed by atoms with Crippen molar-refractivity contribution in [3.05, 3.63) is 36.7 Å². The van der Waals surface area contributed by atoms with Crippen molar-refractivity contribution in [2.24, 2.45) is 0 Å². The summed E-state index contributed by atoms with van der Waals surface area (Å²) >= 11 is 0. The third-order valence-corrected chi connectivity index (χ3v) is 2.09. The fraction of sp³-hybridized carbons (Fsp3) is 0.0909. The van der Waals surface area contributed by atoms with Crippen LogP contribution >= 0.6 is 0 Å². The molecule has 2 N–H and O–H groups in total. The van der Waals surface area contributed by atoms with Gasteiger partial charge < -0.3 is 10.5 Å². The molecular weight excluding hydrogens is 190 g/mol. The van der Waals surface area contributed by atoms with E-state index in [-0.39, 0.29) is 0 Å². The second-order valence-electron chi connectivity index (χ2n) is 3.02. The van der Waals surface area contributed by atoms with Gasteiger partial charge in [0.15, 0.2) is 0 Å². The Morgan fingerprint density at radius 1 is 1.07 bits per heavy atom. The Kier molecular flexibility index (Phi) is 2.49. The van der Waals surface area contributed by atoms with Crippen molar-refractivity contribution in [2.45, 2.75) is 0 Å². The van der Waals surface area contributed by atoms with E-state index in [0.29, 0.717) is 11.5 Å². The van der Waals surface area contributed by atoms with Crippen molar-refractivity contribution >= 4 is 5.82 Å². The standard InChI is InChI=1S/C11H11N3O/c1-15-9-4-2-8(3-5-9)10-11(12)14-7-6-13-10/h2-7H,1H3,(H2,12,14). The monoisotopic (exact) mass is 201 g/mol. The molecule has 0 fully saturated rings. The minimum atomic E-state index is 0.433. The maximum absolute atomic E-state index is 5.72. The minimum absolute atomic E-state index is 0.433. The average Bonchev–Trinajstić information content (AvgIpc) is 2.30. The lowest BCUT2D eigenvalue weighted by atomic mass is 10.1. The van der Waals surface area contributed by atoms with Crippen molar-refractivity contribution in [1.29, 1.82) is 0 Å². The third-order valence-electron chi connectivity index (χ3n) is 2.09. The van der Waals surface area contributed by atoms with Gasteiger partial charge in [-0.15, -0.1) is 0 Å².